The molecule has 0 aromatic carbocycles. The molecule has 0 radical (unpaired) electrons. The molecule has 2 rings (SSSR count). The first-order valence-corrected chi connectivity index (χ1v) is 5.32. The number of aliphatic hydroxyl groups is 1. The fraction of sp³-hybridized carbons (Fsp3) is 1.00. The predicted molar refractivity (Wildman–Crippen MR) is 50.6 cm³/mol. The SMILES string of the molecule is OC1(C2CCCOC2)CCNCC1. The normalized spacial score (nSPS) is 34.4. The van der Waals surface area contributed by atoms with Gasteiger partial charge in [-0.1, -0.05) is 0 Å². The highest BCUT2D eigenvalue weighted by Gasteiger charge is 2.38. The van der Waals surface area contributed by atoms with Gasteiger partial charge in [-0.05, 0) is 38.8 Å². The van der Waals surface area contributed by atoms with Crippen LogP contribution in [-0.2, 0) is 4.74 Å². The first-order chi connectivity index (χ1) is 6.31. The van der Waals surface area contributed by atoms with E-state index in [-0.39, 0.29) is 0 Å². The summed E-state index contributed by atoms with van der Waals surface area (Å²) < 4.78 is 5.42. The topological polar surface area (TPSA) is 41.5 Å². The molecule has 13 heavy (non-hydrogen) atoms. The molecule has 2 N–H and O–H groups in total. The molecule has 1 atom stereocenters. The van der Waals surface area contributed by atoms with Crippen molar-refractivity contribution in [3.8, 4) is 0 Å². The van der Waals surface area contributed by atoms with Crippen LogP contribution in [0, 0.1) is 5.92 Å². The lowest BCUT2D eigenvalue weighted by Crippen LogP contribution is -2.49. The maximum atomic E-state index is 10.4. The van der Waals surface area contributed by atoms with E-state index in [1.807, 2.05) is 0 Å². The van der Waals surface area contributed by atoms with Crippen LogP contribution < -0.4 is 5.32 Å². The van der Waals surface area contributed by atoms with Crippen LogP contribution in [0.15, 0.2) is 0 Å². The minimum atomic E-state index is -0.439. The summed E-state index contributed by atoms with van der Waals surface area (Å²) in [6.07, 6.45) is 4.03. The molecule has 2 heterocycles. The van der Waals surface area contributed by atoms with Gasteiger partial charge in [-0.3, -0.25) is 0 Å². The van der Waals surface area contributed by atoms with Crippen molar-refractivity contribution in [2.75, 3.05) is 26.3 Å². The van der Waals surface area contributed by atoms with E-state index in [4.69, 9.17) is 4.74 Å². The van der Waals surface area contributed by atoms with Crippen molar-refractivity contribution in [2.45, 2.75) is 31.3 Å². The number of rotatable bonds is 1. The molecule has 76 valence electrons. The highest BCUT2D eigenvalue weighted by Crippen LogP contribution is 2.32. The average Bonchev–Trinajstić information content (AvgIpc) is 2.20. The second kappa shape index (κ2) is 3.95. The summed E-state index contributed by atoms with van der Waals surface area (Å²) in [6.45, 7) is 3.54. The van der Waals surface area contributed by atoms with Gasteiger partial charge in [0, 0.05) is 12.5 Å². The first kappa shape index (κ1) is 9.44. The second-order valence-corrected chi connectivity index (χ2v) is 4.27. The zero-order valence-corrected chi connectivity index (χ0v) is 8.09. The third-order valence-electron chi connectivity index (χ3n) is 3.39. The molecule has 2 aliphatic heterocycles. The van der Waals surface area contributed by atoms with Gasteiger partial charge in [0.1, 0.15) is 0 Å². The van der Waals surface area contributed by atoms with E-state index in [0.717, 1.165) is 52.0 Å². The summed E-state index contributed by atoms with van der Waals surface area (Å²) in [4.78, 5) is 0. The molecule has 1 unspecified atom stereocenters. The Hall–Kier alpha value is -0.120. The van der Waals surface area contributed by atoms with Crippen LogP contribution in [0.2, 0.25) is 0 Å². The Kier molecular flexibility index (Phi) is 2.86. The average molecular weight is 185 g/mol. The number of nitrogens with one attached hydrogen (secondary N) is 1. The van der Waals surface area contributed by atoms with Gasteiger partial charge in [0.2, 0.25) is 0 Å². The molecule has 2 saturated heterocycles. The van der Waals surface area contributed by atoms with Gasteiger partial charge in [-0.25, -0.2) is 0 Å². The fourth-order valence-corrected chi connectivity index (χ4v) is 2.43. The van der Waals surface area contributed by atoms with Gasteiger partial charge in [0.15, 0.2) is 0 Å². The zero-order chi connectivity index (χ0) is 9.15. The van der Waals surface area contributed by atoms with E-state index in [1.54, 1.807) is 0 Å². The van der Waals surface area contributed by atoms with Gasteiger partial charge < -0.3 is 15.2 Å². The standard InChI is InChI=1S/C10H19NO2/c12-10(3-5-11-6-4-10)9-2-1-7-13-8-9/h9,11-12H,1-8H2. The van der Waals surface area contributed by atoms with E-state index in [1.165, 1.54) is 0 Å². The van der Waals surface area contributed by atoms with E-state index in [2.05, 4.69) is 5.32 Å². The van der Waals surface area contributed by atoms with E-state index >= 15 is 0 Å². The minimum Gasteiger partial charge on any atom is -0.389 e. The molecule has 0 aromatic heterocycles. The quantitative estimate of drug-likeness (QED) is 0.626. The fourth-order valence-electron chi connectivity index (χ4n) is 2.43. The summed E-state index contributed by atoms with van der Waals surface area (Å²) in [5.41, 5.74) is -0.439. The van der Waals surface area contributed by atoms with Gasteiger partial charge >= 0.3 is 0 Å². The monoisotopic (exact) mass is 185 g/mol. The van der Waals surface area contributed by atoms with Crippen molar-refractivity contribution in [3.05, 3.63) is 0 Å². The smallest absolute Gasteiger partial charge is 0.0721 e. The Morgan fingerprint density at radius 2 is 2.08 bits per heavy atom. The van der Waals surface area contributed by atoms with Crippen LogP contribution in [0.1, 0.15) is 25.7 Å². The highest BCUT2D eigenvalue weighted by molar-refractivity contribution is 4.91. The summed E-state index contributed by atoms with van der Waals surface area (Å²) in [5.74, 6) is 0.378. The summed E-state index contributed by atoms with van der Waals surface area (Å²) >= 11 is 0. The Morgan fingerprint density at radius 3 is 2.69 bits per heavy atom. The second-order valence-electron chi connectivity index (χ2n) is 4.27. The lowest BCUT2D eigenvalue weighted by atomic mass is 9.77. The highest BCUT2D eigenvalue weighted by atomic mass is 16.5. The maximum absolute atomic E-state index is 10.4. The Morgan fingerprint density at radius 1 is 1.31 bits per heavy atom. The maximum Gasteiger partial charge on any atom is 0.0721 e. The van der Waals surface area contributed by atoms with E-state index in [9.17, 15) is 5.11 Å². The lowest BCUT2D eigenvalue weighted by molar-refractivity contribution is -0.0943. The molecule has 0 aliphatic carbocycles. The van der Waals surface area contributed by atoms with Crippen LogP contribution in [0.4, 0.5) is 0 Å². The van der Waals surface area contributed by atoms with Crippen LogP contribution >= 0.6 is 0 Å². The summed E-state index contributed by atoms with van der Waals surface area (Å²) in [7, 11) is 0. The number of ether oxygens (including phenoxy) is 1. The van der Waals surface area contributed by atoms with Crippen molar-refractivity contribution in [3.63, 3.8) is 0 Å². The third kappa shape index (κ3) is 2.03. The van der Waals surface area contributed by atoms with Crippen LogP contribution in [0.3, 0.4) is 0 Å². The largest absolute Gasteiger partial charge is 0.389 e. The van der Waals surface area contributed by atoms with Crippen molar-refractivity contribution in [1.82, 2.24) is 5.32 Å². The third-order valence-corrected chi connectivity index (χ3v) is 3.39. The first-order valence-electron chi connectivity index (χ1n) is 5.32. The van der Waals surface area contributed by atoms with Gasteiger partial charge in [0.05, 0.1) is 12.2 Å². The molecule has 2 aliphatic rings. The van der Waals surface area contributed by atoms with Crippen molar-refractivity contribution in [1.29, 1.82) is 0 Å². The Bertz CT molecular complexity index is 160. The molecule has 0 spiro atoms. The summed E-state index contributed by atoms with van der Waals surface area (Å²) in [6, 6.07) is 0. The van der Waals surface area contributed by atoms with Crippen molar-refractivity contribution < 1.29 is 9.84 Å². The van der Waals surface area contributed by atoms with Crippen molar-refractivity contribution in [2.24, 2.45) is 5.92 Å². The number of piperidine rings is 1. The number of hydrogen-bond acceptors (Lipinski definition) is 3. The molecular weight excluding hydrogens is 166 g/mol. The molecule has 0 aromatic rings. The van der Waals surface area contributed by atoms with Crippen LogP contribution in [0.25, 0.3) is 0 Å². The molecular formula is C10H19NO2. The molecule has 3 nitrogen and oxygen atoms in total. The lowest BCUT2D eigenvalue weighted by Gasteiger charge is -2.41. The van der Waals surface area contributed by atoms with Gasteiger partial charge in [0.25, 0.3) is 0 Å². The zero-order valence-electron chi connectivity index (χ0n) is 8.09. The predicted octanol–water partition coefficient (Wildman–Crippen LogP) is 0.527. The number of hydrogen-bond donors (Lipinski definition) is 2. The van der Waals surface area contributed by atoms with Gasteiger partial charge in [-0.2, -0.15) is 0 Å². The Labute approximate surface area is 79.5 Å². The van der Waals surface area contributed by atoms with Gasteiger partial charge in [-0.15, -0.1) is 0 Å². The molecule has 0 amide bonds. The Balaban J connectivity index is 1.94. The molecule has 3 heteroatoms. The van der Waals surface area contributed by atoms with Crippen molar-refractivity contribution >= 4 is 0 Å². The minimum absolute atomic E-state index is 0.378. The van der Waals surface area contributed by atoms with Crippen LogP contribution in [-0.4, -0.2) is 37.0 Å². The molecule has 2 fully saturated rings. The molecule has 0 bridgehead atoms. The molecule has 0 saturated carbocycles. The summed E-state index contributed by atoms with van der Waals surface area (Å²) in [5, 5.41) is 13.7. The van der Waals surface area contributed by atoms with Crippen LogP contribution in [0.5, 0.6) is 0 Å². The van der Waals surface area contributed by atoms with E-state index in [0.29, 0.717) is 5.92 Å². The van der Waals surface area contributed by atoms with E-state index < -0.39 is 5.60 Å².